The van der Waals surface area contributed by atoms with Gasteiger partial charge in [0.15, 0.2) is 0 Å². The second-order valence-electron chi connectivity index (χ2n) is 4.57. The third-order valence-corrected chi connectivity index (χ3v) is 3.72. The first-order valence-corrected chi connectivity index (χ1v) is 7.19. The Morgan fingerprint density at radius 2 is 2.05 bits per heavy atom. The molecule has 2 rings (SSSR count). The minimum atomic E-state index is -0.0532. The summed E-state index contributed by atoms with van der Waals surface area (Å²) in [7, 11) is 1.81. The second kappa shape index (κ2) is 6.38. The second-order valence-corrected chi connectivity index (χ2v) is 5.35. The van der Waals surface area contributed by atoms with Gasteiger partial charge in [-0.15, -0.1) is 0 Å². The highest BCUT2D eigenvalue weighted by atomic mass is 32.1. The molecule has 19 heavy (non-hydrogen) atoms. The molecule has 1 N–H and O–H groups in total. The smallest absolute Gasteiger partial charge is 0.317 e. The van der Waals surface area contributed by atoms with E-state index >= 15 is 0 Å². The topological polar surface area (TPSA) is 32.3 Å². The Labute approximate surface area is 117 Å². The maximum Gasteiger partial charge on any atom is 0.317 e. The fourth-order valence-electron chi connectivity index (χ4n) is 1.85. The number of hydrogen-bond donors (Lipinski definition) is 1. The van der Waals surface area contributed by atoms with Crippen molar-refractivity contribution < 1.29 is 4.79 Å². The Morgan fingerprint density at radius 1 is 1.32 bits per heavy atom. The molecular weight excluding hydrogens is 256 g/mol. The van der Waals surface area contributed by atoms with Crippen LogP contribution in [-0.2, 0) is 6.54 Å². The average Bonchev–Trinajstić information content (AvgIpc) is 2.92. The summed E-state index contributed by atoms with van der Waals surface area (Å²) in [6.45, 7) is 2.63. The number of carbonyl (C=O) groups is 1. The summed E-state index contributed by atoms with van der Waals surface area (Å²) in [5, 5.41) is 7.08. The fourth-order valence-corrected chi connectivity index (χ4v) is 2.51. The van der Waals surface area contributed by atoms with Gasteiger partial charge in [-0.2, -0.15) is 11.3 Å². The predicted molar refractivity (Wildman–Crippen MR) is 79.2 cm³/mol. The van der Waals surface area contributed by atoms with E-state index in [-0.39, 0.29) is 12.1 Å². The summed E-state index contributed by atoms with van der Waals surface area (Å²) in [6, 6.07) is 12.0. The molecule has 0 saturated carbocycles. The summed E-state index contributed by atoms with van der Waals surface area (Å²) in [5.74, 6) is 0. The Balaban J connectivity index is 1.90. The molecule has 1 aromatic carbocycles. The monoisotopic (exact) mass is 274 g/mol. The lowest BCUT2D eigenvalue weighted by molar-refractivity contribution is 0.203. The van der Waals surface area contributed by atoms with Crippen molar-refractivity contribution in [2.24, 2.45) is 0 Å². The summed E-state index contributed by atoms with van der Waals surface area (Å²) in [5.41, 5.74) is 2.27. The highest BCUT2D eigenvalue weighted by Crippen LogP contribution is 2.13. The number of rotatable bonds is 4. The molecule has 0 aliphatic heterocycles. The maximum atomic E-state index is 12.1. The standard InChI is InChI=1S/C15H18N2OS/c1-12(14-6-4-3-5-7-14)16-15(18)17(2)10-13-8-9-19-11-13/h3-9,11-12H,10H2,1-2H3,(H,16,18)/t12-/m1/s1. The number of benzene rings is 1. The minimum Gasteiger partial charge on any atom is -0.331 e. The third-order valence-electron chi connectivity index (χ3n) is 2.99. The van der Waals surface area contributed by atoms with Crippen LogP contribution in [0, 0.1) is 0 Å². The van der Waals surface area contributed by atoms with E-state index in [9.17, 15) is 4.79 Å². The lowest BCUT2D eigenvalue weighted by atomic mass is 10.1. The maximum absolute atomic E-state index is 12.1. The van der Waals surface area contributed by atoms with Gasteiger partial charge in [-0.3, -0.25) is 0 Å². The van der Waals surface area contributed by atoms with Crippen molar-refractivity contribution in [3.63, 3.8) is 0 Å². The highest BCUT2D eigenvalue weighted by molar-refractivity contribution is 7.07. The van der Waals surface area contributed by atoms with Gasteiger partial charge < -0.3 is 10.2 Å². The molecule has 0 aliphatic rings. The van der Waals surface area contributed by atoms with E-state index in [2.05, 4.69) is 10.7 Å². The predicted octanol–water partition coefficient (Wildman–Crippen LogP) is 3.65. The van der Waals surface area contributed by atoms with E-state index in [1.165, 1.54) is 0 Å². The lowest BCUT2D eigenvalue weighted by Gasteiger charge is -2.21. The molecule has 1 aromatic heterocycles. The Kier molecular flexibility index (Phi) is 4.58. The van der Waals surface area contributed by atoms with Crippen molar-refractivity contribution >= 4 is 17.4 Å². The van der Waals surface area contributed by atoms with Gasteiger partial charge >= 0.3 is 6.03 Å². The number of hydrogen-bond acceptors (Lipinski definition) is 2. The minimum absolute atomic E-state index is 0.0126. The van der Waals surface area contributed by atoms with Gasteiger partial charge in [0, 0.05) is 13.6 Å². The van der Waals surface area contributed by atoms with Gasteiger partial charge in [0.25, 0.3) is 0 Å². The molecule has 100 valence electrons. The zero-order valence-corrected chi connectivity index (χ0v) is 12.0. The van der Waals surface area contributed by atoms with Crippen LogP contribution in [0.4, 0.5) is 4.79 Å². The van der Waals surface area contributed by atoms with Gasteiger partial charge in [-0.25, -0.2) is 4.79 Å². The zero-order valence-electron chi connectivity index (χ0n) is 11.2. The molecule has 4 heteroatoms. The van der Waals surface area contributed by atoms with Crippen molar-refractivity contribution in [3.8, 4) is 0 Å². The van der Waals surface area contributed by atoms with Gasteiger partial charge in [0.1, 0.15) is 0 Å². The highest BCUT2D eigenvalue weighted by Gasteiger charge is 2.13. The van der Waals surface area contributed by atoms with Crippen LogP contribution in [0.2, 0.25) is 0 Å². The SMILES string of the molecule is C[C@@H](NC(=O)N(C)Cc1ccsc1)c1ccccc1. The van der Waals surface area contributed by atoms with Crippen LogP contribution in [0.5, 0.6) is 0 Å². The van der Waals surface area contributed by atoms with Gasteiger partial charge in [-0.1, -0.05) is 30.3 Å². The Morgan fingerprint density at radius 3 is 2.68 bits per heavy atom. The first-order chi connectivity index (χ1) is 9.16. The molecule has 1 heterocycles. The van der Waals surface area contributed by atoms with Crippen LogP contribution in [-0.4, -0.2) is 18.0 Å². The van der Waals surface area contributed by atoms with Crippen LogP contribution in [0.3, 0.4) is 0 Å². The number of amides is 2. The normalized spacial score (nSPS) is 11.9. The van der Waals surface area contributed by atoms with Crippen molar-refractivity contribution in [1.82, 2.24) is 10.2 Å². The van der Waals surface area contributed by atoms with Crippen LogP contribution in [0.15, 0.2) is 47.2 Å². The van der Waals surface area contributed by atoms with Crippen LogP contribution >= 0.6 is 11.3 Å². The average molecular weight is 274 g/mol. The molecule has 2 amide bonds. The quantitative estimate of drug-likeness (QED) is 0.907. The summed E-state index contributed by atoms with van der Waals surface area (Å²) < 4.78 is 0. The van der Waals surface area contributed by atoms with Gasteiger partial charge in [0.05, 0.1) is 6.04 Å². The van der Waals surface area contributed by atoms with Crippen molar-refractivity contribution in [2.45, 2.75) is 19.5 Å². The zero-order chi connectivity index (χ0) is 13.7. The lowest BCUT2D eigenvalue weighted by Crippen LogP contribution is -2.38. The van der Waals surface area contributed by atoms with Gasteiger partial charge in [-0.05, 0) is 34.9 Å². The number of nitrogens with zero attached hydrogens (tertiary/aromatic N) is 1. The largest absolute Gasteiger partial charge is 0.331 e. The van der Waals surface area contributed by atoms with E-state index in [1.54, 1.807) is 16.2 Å². The number of nitrogens with one attached hydrogen (secondary N) is 1. The first-order valence-electron chi connectivity index (χ1n) is 6.24. The molecule has 0 spiro atoms. The number of thiophene rings is 1. The van der Waals surface area contributed by atoms with Crippen LogP contribution in [0.25, 0.3) is 0 Å². The molecule has 3 nitrogen and oxygen atoms in total. The van der Waals surface area contributed by atoms with E-state index in [4.69, 9.17) is 0 Å². The molecule has 1 atom stereocenters. The van der Waals surface area contributed by atoms with E-state index in [0.717, 1.165) is 11.1 Å². The van der Waals surface area contributed by atoms with Gasteiger partial charge in [0.2, 0.25) is 0 Å². The van der Waals surface area contributed by atoms with Crippen molar-refractivity contribution in [2.75, 3.05) is 7.05 Å². The molecule has 0 saturated heterocycles. The summed E-state index contributed by atoms with van der Waals surface area (Å²) >= 11 is 1.65. The number of carbonyl (C=O) groups excluding carboxylic acids is 1. The molecular formula is C15H18N2OS. The molecule has 0 unspecified atom stereocenters. The van der Waals surface area contributed by atoms with Crippen LogP contribution in [0.1, 0.15) is 24.1 Å². The number of urea groups is 1. The summed E-state index contributed by atoms with van der Waals surface area (Å²) in [6.07, 6.45) is 0. The molecule has 0 radical (unpaired) electrons. The van der Waals surface area contributed by atoms with Crippen molar-refractivity contribution in [1.29, 1.82) is 0 Å². The molecule has 0 aliphatic carbocycles. The summed E-state index contributed by atoms with van der Waals surface area (Å²) in [4.78, 5) is 13.8. The van der Waals surface area contributed by atoms with E-state index in [0.29, 0.717) is 6.54 Å². The van der Waals surface area contributed by atoms with E-state index in [1.807, 2.05) is 55.7 Å². The Bertz CT molecular complexity index is 510. The van der Waals surface area contributed by atoms with Crippen LogP contribution < -0.4 is 5.32 Å². The molecule has 2 aromatic rings. The first kappa shape index (κ1) is 13.6. The fraction of sp³-hybridized carbons (Fsp3) is 0.267. The third kappa shape index (κ3) is 3.83. The molecule has 0 fully saturated rings. The molecule has 0 bridgehead atoms. The van der Waals surface area contributed by atoms with Crippen molar-refractivity contribution in [3.05, 3.63) is 58.3 Å². The van der Waals surface area contributed by atoms with E-state index < -0.39 is 0 Å². The Hall–Kier alpha value is -1.81.